The minimum Gasteiger partial charge on any atom is -0.396 e. The Balaban J connectivity index is 2.81. The molecule has 3 nitrogen and oxygen atoms in total. The van der Waals surface area contributed by atoms with Crippen LogP contribution in [0, 0.1) is 17.2 Å². The van der Waals surface area contributed by atoms with E-state index in [9.17, 15) is 5.26 Å². The van der Waals surface area contributed by atoms with Crippen LogP contribution in [0.5, 0.6) is 0 Å². The normalized spacial score (nSPS) is 15.3. The molecule has 0 spiro atoms. The van der Waals surface area contributed by atoms with Crippen molar-refractivity contribution in [2.24, 2.45) is 5.92 Å². The molecule has 1 aromatic rings. The lowest BCUT2D eigenvalue weighted by molar-refractivity contribution is 0.250. The first-order valence-corrected chi connectivity index (χ1v) is 8.24. The number of hydrogen-bond donors (Lipinski definition) is 2. The van der Waals surface area contributed by atoms with E-state index in [-0.39, 0.29) is 12.5 Å². The van der Waals surface area contributed by atoms with Crippen molar-refractivity contribution in [1.82, 2.24) is 5.32 Å². The highest BCUT2D eigenvalue weighted by atomic mass is 32.2. The Hall–Kier alpha value is -1.02. The smallest absolute Gasteiger partial charge is 0.141 e. The molecular weight excluding hydrogens is 268 g/mol. The Morgan fingerprint density at radius 1 is 1.40 bits per heavy atom. The van der Waals surface area contributed by atoms with Crippen molar-refractivity contribution in [3.63, 3.8) is 0 Å². The van der Waals surface area contributed by atoms with Gasteiger partial charge in [-0.05, 0) is 30.2 Å². The summed E-state index contributed by atoms with van der Waals surface area (Å²) < 4.78 is 0. The standard InChI is InChI=1S/C16H24N2OS/c1-3-9-18-16(12-17,13-20-11-14(2)10-19)15-7-5-4-6-8-15/h4-8,14,18-19H,3,9-11,13H2,1-2H3. The maximum absolute atomic E-state index is 9.70. The van der Waals surface area contributed by atoms with Crippen molar-refractivity contribution in [2.75, 3.05) is 24.7 Å². The van der Waals surface area contributed by atoms with Crippen LogP contribution in [0.3, 0.4) is 0 Å². The maximum atomic E-state index is 9.70. The van der Waals surface area contributed by atoms with Gasteiger partial charge in [0.25, 0.3) is 0 Å². The van der Waals surface area contributed by atoms with Crippen molar-refractivity contribution < 1.29 is 5.11 Å². The SMILES string of the molecule is CCCNC(C#N)(CSCC(C)CO)c1ccccc1. The van der Waals surface area contributed by atoms with E-state index in [1.165, 1.54) is 0 Å². The van der Waals surface area contributed by atoms with E-state index in [4.69, 9.17) is 5.11 Å². The average Bonchev–Trinajstić information content (AvgIpc) is 2.51. The molecule has 0 aliphatic rings. The molecule has 2 unspecified atom stereocenters. The number of nitriles is 1. The number of hydrogen-bond acceptors (Lipinski definition) is 4. The molecule has 0 saturated heterocycles. The molecule has 0 aliphatic heterocycles. The van der Waals surface area contributed by atoms with Gasteiger partial charge in [0, 0.05) is 12.4 Å². The number of nitrogens with zero attached hydrogens (tertiary/aromatic N) is 1. The highest BCUT2D eigenvalue weighted by Gasteiger charge is 2.31. The predicted molar refractivity (Wildman–Crippen MR) is 85.6 cm³/mol. The van der Waals surface area contributed by atoms with Gasteiger partial charge < -0.3 is 5.11 Å². The summed E-state index contributed by atoms with van der Waals surface area (Å²) in [5.74, 6) is 1.82. The quantitative estimate of drug-likeness (QED) is 0.735. The Bertz CT molecular complexity index is 418. The number of aliphatic hydroxyl groups excluding tert-OH is 1. The largest absolute Gasteiger partial charge is 0.396 e. The zero-order valence-corrected chi connectivity index (χ0v) is 13.1. The molecule has 4 heteroatoms. The average molecular weight is 292 g/mol. The van der Waals surface area contributed by atoms with E-state index < -0.39 is 5.54 Å². The second-order valence-electron chi connectivity index (χ2n) is 5.11. The lowest BCUT2D eigenvalue weighted by Gasteiger charge is -2.28. The van der Waals surface area contributed by atoms with Gasteiger partial charge in [-0.3, -0.25) is 5.32 Å². The Morgan fingerprint density at radius 3 is 2.65 bits per heavy atom. The fourth-order valence-electron chi connectivity index (χ4n) is 1.90. The Kier molecular flexibility index (Phi) is 7.68. The van der Waals surface area contributed by atoms with E-state index in [1.54, 1.807) is 11.8 Å². The summed E-state index contributed by atoms with van der Waals surface area (Å²) in [7, 11) is 0. The molecule has 0 bridgehead atoms. The third-order valence-electron chi connectivity index (χ3n) is 3.17. The van der Waals surface area contributed by atoms with Crippen LogP contribution >= 0.6 is 11.8 Å². The molecule has 0 aromatic heterocycles. The topological polar surface area (TPSA) is 56.0 Å². The Morgan fingerprint density at radius 2 is 2.10 bits per heavy atom. The molecule has 2 N–H and O–H groups in total. The first kappa shape index (κ1) is 17.0. The molecular formula is C16H24N2OS. The van der Waals surface area contributed by atoms with Gasteiger partial charge in [0.1, 0.15) is 5.54 Å². The molecule has 0 aliphatic carbocycles. The van der Waals surface area contributed by atoms with Crippen LogP contribution in [0.15, 0.2) is 30.3 Å². The minimum atomic E-state index is -0.642. The van der Waals surface area contributed by atoms with Crippen LogP contribution in [0.4, 0.5) is 0 Å². The van der Waals surface area contributed by atoms with Crippen molar-refractivity contribution in [2.45, 2.75) is 25.8 Å². The number of nitrogens with one attached hydrogen (secondary N) is 1. The third-order valence-corrected chi connectivity index (χ3v) is 4.61. The number of benzene rings is 1. The number of thioether (sulfide) groups is 1. The molecule has 0 radical (unpaired) electrons. The molecule has 2 atom stereocenters. The molecule has 0 fully saturated rings. The zero-order chi connectivity index (χ0) is 14.8. The molecule has 0 heterocycles. The van der Waals surface area contributed by atoms with E-state index in [0.717, 1.165) is 24.3 Å². The zero-order valence-electron chi connectivity index (χ0n) is 12.3. The highest BCUT2D eigenvalue weighted by molar-refractivity contribution is 7.99. The van der Waals surface area contributed by atoms with Crippen LogP contribution in [0.2, 0.25) is 0 Å². The van der Waals surface area contributed by atoms with Gasteiger partial charge >= 0.3 is 0 Å². The van der Waals surface area contributed by atoms with Crippen LogP contribution < -0.4 is 5.32 Å². The minimum absolute atomic E-state index is 0.195. The van der Waals surface area contributed by atoms with Gasteiger partial charge in [-0.15, -0.1) is 0 Å². The van der Waals surface area contributed by atoms with Gasteiger partial charge in [0.2, 0.25) is 0 Å². The lowest BCUT2D eigenvalue weighted by atomic mass is 9.93. The summed E-state index contributed by atoms with van der Waals surface area (Å²) in [6.07, 6.45) is 0.994. The van der Waals surface area contributed by atoms with E-state index in [0.29, 0.717) is 5.75 Å². The van der Waals surface area contributed by atoms with E-state index in [1.807, 2.05) is 37.3 Å². The van der Waals surface area contributed by atoms with Gasteiger partial charge in [-0.2, -0.15) is 17.0 Å². The summed E-state index contributed by atoms with van der Waals surface area (Å²) in [6, 6.07) is 12.4. The summed E-state index contributed by atoms with van der Waals surface area (Å²) >= 11 is 1.72. The van der Waals surface area contributed by atoms with Gasteiger partial charge in [-0.25, -0.2) is 0 Å². The molecule has 20 heavy (non-hydrogen) atoms. The molecule has 110 valence electrons. The third kappa shape index (κ3) is 4.82. The highest BCUT2D eigenvalue weighted by Crippen LogP contribution is 2.26. The van der Waals surface area contributed by atoms with E-state index >= 15 is 0 Å². The summed E-state index contributed by atoms with van der Waals surface area (Å²) in [4.78, 5) is 0. The fourth-order valence-corrected chi connectivity index (χ4v) is 3.16. The first-order valence-electron chi connectivity index (χ1n) is 7.09. The second kappa shape index (κ2) is 9.02. The molecule has 0 saturated carbocycles. The van der Waals surface area contributed by atoms with Crippen molar-refractivity contribution in [1.29, 1.82) is 5.26 Å². The number of aliphatic hydroxyl groups is 1. The van der Waals surface area contributed by atoms with Gasteiger partial charge in [0.15, 0.2) is 0 Å². The van der Waals surface area contributed by atoms with Crippen molar-refractivity contribution in [3.8, 4) is 6.07 Å². The molecule has 0 amide bonds. The van der Waals surface area contributed by atoms with Crippen molar-refractivity contribution in [3.05, 3.63) is 35.9 Å². The van der Waals surface area contributed by atoms with Crippen LogP contribution in [0.25, 0.3) is 0 Å². The fraction of sp³-hybridized carbons (Fsp3) is 0.562. The number of rotatable bonds is 9. The summed E-state index contributed by atoms with van der Waals surface area (Å²) in [5.41, 5.74) is 0.372. The second-order valence-corrected chi connectivity index (χ2v) is 6.14. The Labute approximate surface area is 126 Å². The molecule has 1 rings (SSSR count). The van der Waals surface area contributed by atoms with Crippen LogP contribution in [-0.2, 0) is 5.54 Å². The lowest BCUT2D eigenvalue weighted by Crippen LogP contribution is -2.44. The van der Waals surface area contributed by atoms with Crippen molar-refractivity contribution >= 4 is 11.8 Å². The van der Waals surface area contributed by atoms with Gasteiger partial charge in [-0.1, -0.05) is 44.2 Å². The monoisotopic (exact) mass is 292 g/mol. The summed E-state index contributed by atoms with van der Waals surface area (Å²) in [6.45, 7) is 5.13. The van der Waals surface area contributed by atoms with Crippen LogP contribution in [0.1, 0.15) is 25.8 Å². The van der Waals surface area contributed by atoms with Gasteiger partial charge in [0.05, 0.1) is 6.07 Å². The maximum Gasteiger partial charge on any atom is 0.141 e. The van der Waals surface area contributed by atoms with E-state index in [2.05, 4.69) is 18.3 Å². The summed E-state index contributed by atoms with van der Waals surface area (Å²) in [5, 5.41) is 22.2. The molecule has 1 aromatic carbocycles. The predicted octanol–water partition coefficient (Wildman–Crippen LogP) is 2.77. The first-order chi connectivity index (χ1) is 9.68. The van der Waals surface area contributed by atoms with Crippen LogP contribution in [-0.4, -0.2) is 29.8 Å².